The second kappa shape index (κ2) is 11.3. The van der Waals surface area contributed by atoms with Crippen molar-refractivity contribution >= 4 is 18.0 Å². The van der Waals surface area contributed by atoms with Gasteiger partial charge in [-0.05, 0) is 42.7 Å². The third kappa shape index (κ3) is 5.60. The highest BCUT2D eigenvalue weighted by Crippen LogP contribution is 2.38. The molecule has 3 aromatic rings. The van der Waals surface area contributed by atoms with Gasteiger partial charge in [-0.25, -0.2) is 14.6 Å². The predicted molar refractivity (Wildman–Crippen MR) is 135 cm³/mol. The monoisotopic (exact) mass is 484 g/mol. The molecule has 184 valence electrons. The summed E-state index contributed by atoms with van der Waals surface area (Å²) in [6.45, 7) is 3.65. The lowest BCUT2D eigenvalue weighted by Crippen LogP contribution is -2.32. The third-order valence-corrected chi connectivity index (χ3v) is 5.93. The number of benzene rings is 1. The van der Waals surface area contributed by atoms with Gasteiger partial charge in [0.25, 0.3) is 0 Å². The molecule has 0 spiro atoms. The molecule has 0 bridgehead atoms. The number of carbonyl (C=O) groups is 2. The second-order valence-electron chi connectivity index (χ2n) is 8.37. The first-order valence-corrected chi connectivity index (χ1v) is 11.6. The SMILES string of the molecule is COC(=O)C1=C(C)NC(C)=C(C(=O)OC/C=C/c2ccc(Cc3ncc[nH]3)cc2)C1c1cccnc1. The Kier molecular flexibility index (Phi) is 7.75. The topological polar surface area (TPSA) is 106 Å². The lowest BCUT2D eigenvalue weighted by molar-refractivity contribution is -0.138. The van der Waals surface area contributed by atoms with Gasteiger partial charge in [-0.1, -0.05) is 36.4 Å². The number of aromatic amines is 1. The first kappa shape index (κ1) is 24.7. The summed E-state index contributed by atoms with van der Waals surface area (Å²) in [4.78, 5) is 37.4. The predicted octanol–water partition coefficient (Wildman–Crippen LogP) is 4.06. The van der Waals surface area contributed by atoms with Crippen molar-refractivity contribution in [2.45, 2.75) is 26.2 Å². The molecule has 1 aliphatic rings. The number of carbonyl (C=O) groups excluding carboxylic acids is 2. The second-order valence-corrected chi connectivity index (χ2v) is 8.37. The van der Waals surface area contributed by atoms with Gasteiger partial charge in [0.2, 0.25) is 0 Å². The highest BCUT2D eigenvalue weighted by atomic mass is 16.5. The van der Waals surface area contributed by atoms with Crippen LogP contribution in [-0.2, 0) is 25.5 Å². The number of dihydropyridines is 1. The molecular formula is C28H28N4O4. The smallest absolute Gasteiger partial charge is 0.337 e. The number of hydrogen-bond acceptors (Lipinski definition) is 7. The van der Waals surface area contributed by atoms with Crippen LogP contribution in [0.4, 0.5) is 0 Å². The molecule has 1 atom stereocenters. The van der Waals surface area contributed by atoms with Gasteiger partial charge in [-0.15, -0.1) is 0 Å². The molecule has 2 N–H and O–H groups in total. The summed E-state index contributed by atoms with van der Waals surface area (Å²) in [5, 5.41) is 3.12. The number of rotatable bonds is 8. The van der Waals surface area contributed by atoms with E-state index in [0.29, 0.717) is 28.1 Å². The number of imidazole rings is 1. The van der Waals surface area contributed by atoms with E-state index in [1.807, 2.05) is 36.4 Å². The molecule has 36 heavy (non-hydrogen) atoms. The Bertz CT molecular complexity index is 1310. The number of nitrogens with zero attached hydrogens (tertiary/aromatic N) is 2. The third-order valence-electron chi connectivity index (χ3n) is 5.93. The lowest BCUT2D eigenvalue weighted by Gasteiger charge is -2.30. The maximum absolute atomic E-state index is 13.2. The van der Waals surface area contributed by atoms with Crippen LogP contribution in [0.3, 0.4) is 0 Å². The fourth-order valence-electron chi connectivity index (χ4n) is 4.25. The van der Waals surface area contributed by atoms with E-state index in [4.69, 9.17) is 9.47 Å². The minimum atomic E-state index is -0.648. The van der Waals surface area contributed by atoms with E-state index in [9.17, 15) is 9.59 Å². The Morgan fingerprint density at radius 3 is 2.42 bits per heavy atom. The van der Waals surface area contributed by atoms with Gasteiger partial charge in [0.1, 0.15) is 12.4 Å². The number of H-pyrrole nitrogens is 1. The van der Waals surface area contributed by atoms with E-state index in [1.165, 1.54) is 7.11 Å². The Labute approximate surface area is 209 Å². The van der Waals surface area contributed by atoms with Crippen LogP contribution in [0.1, 0.15) is 42.3 Å². The number of ether oxygens (including phenoxy) is 2. The standard InChI is InChI=1S/C28H28N4O4/c1-18-24(27(33)35-3)26(22-7-4-12-29-17-22)25(19(2)32-18)28(34)36-15-5-6-20-8-10-21(11-9-20)16-23-30-13-14-31-23/h4-14,17,26,32H,15-16H2,1-3H3,(H,30,31)/b6-5+. The summed E-state index contributed by atoms with van der Waals surface area (Å²) in [7, 11) is 1.32. The molecule has 0 saturated heterocycles. The van der Waals surface area contributed by atoms with Crippen molar-refractivity contribution in [3.63, 3.8) is 0 Å². The zero-order valence-electron chi connectivity index (χ0n) is 20.4. The fraction of sp³-hybridized carbons (Fsp3) is 0.214. The van der Waals surface area contributed by atoms with Gasteiger partial charge < -0.3 is 19.8 Å². The van der Waals surface area contributed by atoms with Crippen LogP contribution in [0.2, 0.25) is 0 Å². The maximum Gasteiger partial charge on any atom is 0.337 e. The summed E-state index contributed by atoms with van der Waals surface area (Å²) in [6.07, 6.45) is 11.2. The molecule has 1 aliphatic heterocycles. The average molecular weight is 485 g/mol. The van der Waals surface area contributed by atoms with Gasteiger partial charge in [-0.3, -0.25) is 4.98 Å². The molecule has 0 aliphatic carbocycles. The van der Waals surface area contributed by atoms with Crippen LogP contribution in [0.15, 0.2) is 89.8 Å². The molecule has 3 heterocycles. The van der Waals surface area contributed by atoms with Crippen LogP contribution in [-0.4, -0.2) is 40.6 Å². The van der Waals surface area contributed by atoms with Gasteiger partial charge in [0.05, 0.1) is 24.2 Å². The summed E-state index contributed by atoms with van der Waals surface area (Å²) < 4.78 is 10.6. The van der Waals surface area contributed by atoms with Crippen molar-refractivity contribution in [1.29, 1.82) is 0 Å². The number of allylic oxidation sites excluding steroid dienone is 2. The zero-order valence-corrected chi connectivity index (χ0v) is 20.4. The van der Waals surface area contributed by atoms with E-state index in [0.717, 1.165) is 23.4 Å². The fourth-order valence-corrected chi connectivity index (χ4v) is 4.25. The molecule has 1 unspecified atom stereocenters. The molecule has 0 radical (unpaired) electrons. The maximum atomic E-state index is 13.2. The number of esters is 2. The van der Waals surface area contributed by atoms with Crippen LogP contribution in [0, 0.1) is 0 Å². The normalized spacial score (nSPS) is 15.7. The van der Waals surface area contributed by atoms with Crippen molar-refractivity contribution in [1.82, 2.24) is 20.3 Å². The number of methoxy groups -OCH3 is 1. The molecule has 1 aromatic carbocycles. The van der Waals surface area contributed by atoms with Gasteiger partial charge in [0.15, 0.2) is 0 Å². The van der Waals surface area contributed by atoms with Crippen molar-refractivity contribution in [3.8, 4) is 0 Å². The Morgan fingerprint density at radius 1 is 1.03 bits per heavy atom. The van der Waals surface area contributed by atoms with Crippen LogP contribution < -0.4 is 5.32 Å². The number of nitrogens with one attached hydrogen (secondary N) is 2. The van der Waals surface area contributed by atoms with Crippen molar-refractivity contribution < 1.29 is 19.1 Å². The summed E-state index contributed by atoms with van der Waals surface area (Å²) in [5.74, 6) is -0.759. The molecule has 8 heteroatoms. The molecular weight excluding hydrogens is 456 g/mol. The largest absolute Gasteiger partial charge is 0.466 e. The minimum Gasteiger partial charge on any atom is -0.466 e. The molecule has 0 fully saturated rings. The van der Waals surface area contributed by atoms with E-state index in [-0.39, 0.29) is 6.61 Å². The number of aromatic nitrogens is 3. The zero-order chi connectivity index (χ0) is 25.5. The van der Waals surface area contributed by atoms with E-state index < -0.39 is 17.9 Å². The molecule has 0 amide bonds. The summed E-state index contributed by atoms with van der Waals surface area (Å²) in [6, 6.07) is 11.7. The average Bonchev–Trinajstić information content (AvgIpc) is 3.40. The lowest BCUT2D eigenvalue weighted by atomic mass is 9.81. The highest BCUT2D eigenvalue weighted by Gasteiger charge is 2.37. The number of pyridine rings is 1. The molecule has 2 aromatic heterocycles. The van der Waals surface area contributed by atoms with Crippen molar-refractivity contribution in [3.05, 3.63) is 112 Å². The van der Waals surface area contributed by atoms with Crippen LogP contribution in [0.25, 0.3) is 6.08 Å². The molecule has 8 nitrogen and oxygen atoms in total. The van der Waals surface area contributed by atoms with E-state index >= 15 is 0 Å². The van der Waals surface area contributed by atoms with Crippen molar-refractivity contribution in [2.75, 3.05) is 13.7 Å². The van der Waals surface area contributed by atoms with E-state index in [2.05, 4.69) is 20.3 Å². The van der Waals surface area contributed by atoms with Crippen LogP contribution >= 0.6 is 0 Å². The van der Waals surface area contributed by atoms with Crippen LogP contribution in [0.5, 0.6) is 0 Å². The molecule has 4 rings (SSSR count). The highest BCUT2D eigenvalue weighted by molar-refractivity contribution is 5.99. The van der Waals surface area contributed by atoms with E-state index in [1.54, 1.807) is 50.8 Å². The molecule has 0 saturated carbocycles. The Balaban J connectivity index is 1.45. The van der Waals surface area contributed by atoms with Gasteiger partial charge in [0, 0.05) is 42.6 Å². The van der Waals surface area contributed by atoms with Gasteiger partial charge in [-0.2, -0.15) is 0 Å². The summed E-state index contributed by atoms with van der Waals surface area (Å²) in [5.41, 5.74) is 4.79. The Hall–Kier alpha value is -4.46. The minimum absolute atomic E-state index is 0.0831. The first-order chi connectivity index (χ1) is 17.5. The van der Waals surface area contributed by atoms with Gasteiger partial charge >= 0.3 is 11.9 Å². The Morgan fingerprint density at radius 2 is 1.78 bits per heavy atom. The summed E-state index contributed by atoms with van der Waals surface area (Å²) >= 11 is 0. The quantitative estimate of drug-likeness (QED) is 0.465. The first-order valence-electron chi connectivity index (χ1n) is 11.6. The number of hydrogen-bond donors (Lipinski definition) is 2. The van der Waals surface area contributed by atoms with Crippen molar-refractivity contribution in [2.24, 2.45) is 0 Å².